The fourth-order valence-electron chi connectivity index (χ4n) is 3.83. The van der Waals surface area contributed by atoms with E-state index in [0.29, 0.717) is 49.8 Å². The van der Waals surface area contributed by atoms with Crippen molar-refractivity contribution in [1.29, 1.82) is 5.26 Å². The molecule has 3 rings (SSSR count). The molecule has 0 spiro atoms. The van der Waals surface area contributed by atoms with E-state index >= 15 is 0 Å². The second kappa shape index (κ2) is 11.6. The fourth-order valence-corrected chi connectivity index (χ4v) is 3.83. The lowest BCUT2D eigenvalue weighted by Gasteiger charge is -2.26. The van der Waals surface area contributed by atoms with Crippen molar-refractivity contribution >= 4 is 28.2 Å². The number of pyridine rings is 1. The average Bonchev–Trinajstić information content (AvgIpc) is 2.80. The number of aromatic nitrogens is 1. The molecule has 0 radical (unpaired) electrons. The lowest BCUT2D eigenvalue weighted by molar-refractivity contribution is -0.111. The van der Waals surface area contributed by atoms with E-state index in [1.165, 1.54) is 6.08 Å². The number of aryl methyl sites for hydroxylation is 1. The minimum absolute atomic E-state index is 0.208. The summed E-state index contributed by atoms with van der Waals surface area (Å²) in [4.78, 5) is 19.3. The van der Waals surface area contributed by atoms with Crippen LogP contribution in [0, 0.1) is 11.3 Å². The van der Waals surface area contributed by atoms with Crippen molar-refractivity contribution in [2.45, 2.75) is 39.2 Å². The van der Waals surface area contributed by atoms with E-state index in [0.717, 1.165) is 35.1 Å². The van der Waals surface area contributed by atoms with E-state index in [2.05, 4.69) is 16.7 Å². The number of hydrogen-bond acceptors (Lipinski definition) is 7. The van der Waals surface area contributed by atoms with Crippen molar-refractivity contribution in [2.24, 2.45) is 0 Å². The first kappa shape index (κ1) is 24.5. The largest absolute Gasteiger partial charge is 0.492 e. The minimum atomic E-state index is -0.241. The van der Waals surface area contributed by atoms with Gasteiger partial charge in [-0.2, -0.15) is 5.26 Å². The van der Waals surface area contributed by atoms with Crippen LogP contribution in [0.25, 0.3) is 10.9 Å². The van der Waals surface area contributed by atoms with Gasteiger partial charge >= 0.3 is 0 Å². The van der Waals surface area contributed by atoms with E-state index in [1.807, 2.05) is 45.0 Å². The van der Waals surface area contributed by atoms with Crippen LogP contribution in [-0.2, 0) is 16.0 Å². The van der Waals surface area contributed by atoms with Crippen LogP contribution >= 0.6 is 0 Å². The number of carbonyl (C=O) groups is 1. The highest BCUT2D eigenvalue weighted by atomic mass is 16.5. The van der Waals surface area contributed by atoms with Gasteiger partial charge < -0.3 is 25.0 Å². The Kier molecular flexibility index (Phi) is 8.64. The van der Waals surface area contributed by atoms with E-state index < -0.39 is 0 Å². The van der Waals surface area contributed by atoms with Crippen molar-refractivity contribution < 1.29 is 14.3 Å². The summed E-state index contributed by atoms with van der Waals surface area (Å²) < 4.78 is 11.3. The van der Waals surface area contributed by atoms with E-state index in [1.54, 1.807) is 6.08 Å². The zero-order chi connectivity index (χ0) is 23.8. The highest BCUT2D eigenvalue weighted by Gasteiger charge is 2.21. The number of amides is 1. The van der Waals surface area contributed by atoms with Crippen LogP contribution in [0.3, 0.4) is 0 Å². The van der Waals surface area contributed by atoms with Crippen LogP contribution in [0.5, 0.6) is 5.75 Å². The molecule has 1 aliphatic heterocycles. The molecular formula is C25H33N5O3. The second-order valence-corrected chi connectivity index (χ2v) is 8.26. The summed E-state index contributed by atoms with van der Waals surface area (Å²) in [7, 11) is 3.88. The molecule has 1 aromatic heterocycles. The summed E-state index contributed by atoms with van der Waals surface area (Å²) in [5.74, 6) is 0.311. The fraction of sp³-hybridized carbons (Fsp3) is 0.480. The number of ether oxygens (including phenoxy) is 2. The molecule has 33 heavy (non-hydrogen) atoms. The summed E-state index contributed by atoms with van der Waals surface area (Å²) in [5.41, 5.74) is 3.32. The summed E-state index contributed by atoms with van der Waals surface area (Å²) >= 11 is 0. The smallest absolute Gasteiger partial charge is 0.248 e. The van der Waals surface area contributed by atoms with Crippen molar-refractivity contribution in [3.8, 4) is 11.8 Å². The van der Waals surface area contributed by atoms with Gasteiger partial charge in [0.2, 0.25) is 5.91 Å². The standard InChI is InChI=1S/C25H33N5O3/c1-5-20-19(16-26)25(27-17-9-12-32-13-10-17)18-14-22(23(33-6-2)15-21(18)28-20)29-24(31)8-7-11-30(3)4/h7-8,14-15,17H,5-6,9-13H2,1-4H3,(H,27,28)(H,29,31)/b8-7+. The van der Waals surface area contributed by atoms with Crippen molar-refractivity contribution in [2.75, 3.05) is 51.1 Å². The van der Waals surface area contributed by atoms with Gasteiger partial charge in [0.25, 0.3) is 0 Å². The first-order chi connectivity index (χ1) is 16.0. The van der Waals surface area contributed by atoms with Crippen LogP contribution in [0.4, 0.5) is 11.4 Å². The molecule has 8 heteroatoms. The summed E-state index contributed by atoms with van der Waals surface area (Å²) in [6.45, 7) is 6.39. The molecular weight excluding hydrogens is 418 g/mol. The first-order valence-corrected chi connectivity index (χ1v) is 11.5. The number of likely N-dealkylation sites (N-methyl/N-ethyl adjacent to an activating group) is 1. The van der Waals surface area contributed by atoms with Gasteiger partial charge in [0.15, 0.2) is 0 Å². The van der Waals surface area contributed by atoms with Gasteiger partial charge in [-0.25, -0.2) is 0 Å². The number of fused-ring (bicyclic) bond motifs is 1. The molecule has 1 aliphatic rings. The molecule has 1 saturated heterocycles. The SMILES string of the molecule is CCOc1cc2nc(CC)c(C#N)c(NC3CCOCC3)c2cc1NC(=O)/C=C/CN(C)C. The van der Waals surface area contributed by atoms with Crippen LogP contribution in [-0.4, -0.2) is 62.3 Å². The van der Waals surface area contributed by atoms with Crippen LogP contribution in [0.2, 0.25) is 0 Å². The zero-order valence-corrected chi connectivity index (χ0v) is 19.9. The van der Waals surface area contributed by atoms with Gasteiger partial charge in [0, 0.05) is 43.3 Å². The van der Waals surface area contributed by atoms with Crippen LogP contribution < -0.4 is 15.4 Å². The van der Waals surface area contributed by atoms with E-state index in [4.69, 9.17) is 14.5 Å². The number of carbonyl (C=O) groups excluding carboxylic acids is 1. The Morgan fingerprint density at radius 1 is 1.33 bits per heavy atom. The number of nitrogens with one attached hydrogen (secondary N) is 2. The Bertz CT molecular complexity index is 1050. The minimum Gasteiger partial charge on any atom is -0.492 e. The maximum absolute atomic E-state index is 12.5. The third-order valence-corrected chi connectivity index (χ3v) is 5.48. The van der Waals surface area contributed by atoms with Gasteiger partial charge in [-0.3, -0.25) is 9.78 Å². The predicted molar refractivity (Wildman–Crippen MR) is 131 cm³/mol. The summed E-state index contributed by atoms with van der Waals surface area (Å²) in [6, 6.07) is 6.25. The molecule has 0 saturated carbocycles. The Hall–Kier alpha value is -3.15. The molecule has 0 unspecified atom stereocenters. The molecule has 0 atom stereocenters. The van der Waals surface area contributed by atoms with Crippen LogP contribution in [0.15, 0.2) is 24.3 Å². The molecule has 0 bridgehead atoms. The lowest BCUT2D eigenvalue weighted by atomic mass is 10.0. The summed E-state index contributed by atoms with van der Waals surface area (Å²) in [5, 5.41) is 17.2. The van der Waals surface area contributed by atoms with Gasteiger partial charge in [0.1, 0.15) is 11.8 Å². The number of nitriles is 1. The quantitative estimate of drug-likeness (QED) is 0.561. The Morgan fingerprint density at radius 2 is 2.09 bits per heavy atom. The monoisotopic (exact) mass is 451 g/mol. The Labute approximate surface area is 195 Å². The molecule has 2 aromatic rings. The third-order valence-electron chi connectivity index (χ3n) is 5.48. The number of rotatable bonds is 9. The van der Waals surface area contributed by atoms with Gasteiger partial charge in [-0.15, -0.1) is 0 Å². The Balaban J connectivity index is 2.07. The number of anilines is 2. The van der Waals surface area contributed by atoms with Gasteiger partial charge in [-0.05, 0) is 46.3 Å². The lowest BCUT2D eigenvalue weighted by Crippen LogP contribution is -2.28. The third kappa shape index (κ3) is 6.21. The molecule has 0 aliphatic carbocycles. The number of benzene rings is 1. The highest BCUT2D eigenvalue weighted by Crippen LogP contribution is 2.37. The van der Waals surface area contributed by atoms with Gasteiger partial charge in [0.05, 0.1) is 34.8 Å². The first-order valence-electron chi connectivity index (χ1n) is 11.5. The highest BCUT2D eigenvalue weighted by molar-refractivity contribution is 6.04. The van der Waals surface area contributed by atoms with Crippen molar-refractivity contribution in [3.63, 3.8) is 0 Å². The molecule has 1 fully saturated rings. The maximum Gasteiger partial charge on any atom is 0.248 e. The topological polar surface area (TPSA) is 99.5 Å². The zero-order valence-electron chi connectivity index (χ0n) is 19.9. The normalized spacial score (nSPS) is 14.5. The predicted octanol–water partition coefficient (Wildman–Crippen LogP) is 3.71. The average molecular weight is 452 g/mol. The molecule has 8 nitrogen and oxygen atoms in total. The molecule has 2 N–H and O–H groups in total. The molecule has 176 valence electrons. The van der Waals surface area contributed by atoms with Crippen molar-refractivity contribution in [3.05, 3.63) is 35.5 Å². The maximum atomic E-state index is 12.5. The van der Waals surface area contributed by atoms with Crippen LogP contribution in [0.1, 0.15) is 37.9 Å². The second-order valence-electron chi connectivity index (χ2n) is 8.26. The van der Waals surface area contributed by atoms with Crippen molar-refractivity contribution in [1.82, 2.24) is 9.88 Å². The molecule has 2 heterocycles. The summed E-state index contributed by atoms with van der Waals surface area (Å²) in [6.07, 6.45) is 5.69. The molecule has 1 aromatic carbocycles. The number of hydrogen-bond donors (Lipinski definition) is 2. The van der Waals surface area contributed by atoms with Gasteiger partial charge in [-0.1, -0.05) is 13.0 Å². The Morgan fingerprint density at radius 3 is 2.73 bits per heavy atom. The molecule has 1 amide bonds. The number of nitrogens with zero attached hydrogens (tertiary/aromatic N) is 3. The van der Waals surface area contributed by atoms with E-state index in [9.17, 15) is 10.1 Å². The van der Waals surface area contributed by atoms with E-state index in [-0.39, 0.29) is 11.9 Å².